The number of anilines is 1. The van der Waals surface area contributed by atoms with E-state index in [9.17, 15) is 14.3 Å². The van der Waals surface area contributed by atoms with Crippen LogP contribution in [0.15, 0.2) is 41.3 Å². The maximum absolute atomic E-state index is 14.6. The summed E-state index contributed by atoms with van der Waals surface area (Å²) in [6, 6.07) is 6.52. The Labute approximate surface area is 190 Å². The zero-order valence-electron chi connectivity index (χ0n) is 17.0. The molecule has 2 atom stereocenters. The average Bonchev–Trinajstić information content (AvgIpc) is 3.33. The van der Waals surface area contributed by atoms with Crippen LogP contribution in [0, 0.1) is 5.82 Å². The molecule has 3 N–H and O–H groups in total. The molecule has 0 bridgehead atoms. The lowest BCUT2D eigenvalue weighted by atomic mass is 10.0. The average molecular weight is 500 g/mol. The molecule has 3 heterocycles. The molecule has 0 unspecified atom stereocenters. The second-order valence-electron chi connectivity index (χ2n) is 7.83. The summed E-state index contributed by atoms with van der Waals surface area (Å²) in [4.78, 5) is 25.0. The molecule has 1 fully saturated rings. The van der Waals surface area contributed by atoms with Gasteiger partial charge in [0, 0.05) is 43.4 Å². The van der Waals surface area contributed by atoms with Crippen LogP contribution in [0.3, 0.4) is 0 Å². The van der Waals surface area contributed by atoms with E-state index in [-0.39, 0.29) is 18.0 Å². The number of hydrogen-bond acceptors (Lipinski definition) is 7. The van der Waals surface area contributed by atoms with Crippen molar-refractivity contribution in [2.45, 2.75) is 30.9 Å². The van der Waals surface area contributed by atoms with Gasteiger partial charge in [-0.3, -0.25) is 9.78 Å². The minimum Gasteiger partial charge on any atom is -0.380 e. The van der Waals surface area contributed by atoms with Gasteiger partial charge in [-0.25, -0.2) is 14.1 Å². The van der Waals surface area contributed by atoms with Gasteiger partial charge in [0.15, 0.2) is 11.5 Å². The van der Waals surface area contributed by atoms with Crippen LogP contribution in [0.4, 0.5) is 10.3 Å². The van der Waals surface area contributed by atoms with E-state index in [0.29, 0.717) is 45.5 Å². The summed E-state index contributed by atoms with van der Waals surface area (Å²) in [5.74, 6) is -0.516. The normalized spacial score (nSPS) is 20.7. The molecule has 0 aliphatic heterocycles. The van der Waals surface area contributed by atoms with Gasteiger partial charge in [0.05, 0.1) is 11.1 Å². The molecule has 1 saturated carbocycles. The van der Waals surface area contributed by atoms with Crippen LogP contribution in [0.2, 0.25) is 0 Å². The monoisotopic (exact) mass is 499 g/mol. The Bertz CT molecular complexity index is 1360. The van der Waals surface area contributed by atoms with Crippen LogP contribution >= 0.6 is 15.9 Å². The van der Waals surface area contributed by atoms with Gasteiger partial charge in [-0.1, -0.05) is 6.07 Å². The SMILES string of the molecule is CNC(=O)[C@]1(O)CC[C@@H](Nc2ncc3c(Br)nn(-c4cc(F)c5ncccc5c4)c3n2)C1. The van der Waals surface area contributed by atoms with E-state index in [1.54, 1.807) is 30.6 Å². The van der Waals surface area contributed by atoms with E-state index < -0.39 is 17.3 Å². The third kappa shape index (κ3) is 3.47. The topological polar surface area (TPSA) is 118 Å². The summed E-state index contributed by atoms with van der Waals surface area (Å²) in [7, 11) is 1.50. The van der Waals surface area contributed by atoms with Gasteiger partial charge >= 0.3 is 0 Å². The van der Waals surface area contributed by atoms with Crippen molar-refractivity contribution in [3.05, 3.63) is 47.1 Å². The number of nitrogens with zero attached hydrogens (tertiary/aromatic N) is 5. The lowest BCUT2D eigenvalue weighted by molar-refractivity contribution is -0.138. The van der Waals surface area contributed by atoms with Crippen LogP contribution < -0.4 is 10.6 Å². The molecule has 32 heavy (non-hydrogen) atoms. The lowest BCUT2D eigenvalue weighted by Crippen LogP contribution is -2.44. The van der Waals surface area contributed by atoms with Crippen molar-refractivity contribution in [2.24, 2.45) is 0 Å². The van der Waals surface area contributed by atoms with Gasteiger partial charge in [-0.05, 0) is 40.9 Å². The Balaban J connectivity index is 1.50. The molecule has 1 aliphatic rings. The first-order valence-electron chi connectivity index (χ1n) is 10.0. The largest absolute Gasteiger partial charge is 0.380 e. The van der Waals surface area contributed by atoms with Gasteiger partial charge in [0.1, 0.15) is 15.7 Å². The van der Waals surface area contributed by atoms with Crippen LogP contribution in [0.25, 0.3) is 27.6 Å². The molecule has 11 heteroatoms. The lowest BCUT2D eigenvalue weighted by Gasteiger charge is -2.20. The van der Waals surface area contributed by atoms with Crippen molar-refractivity contribution in [1.82, 2.24) is 30.0 Å². The molecule has 1 amide bonds. The number of pyridine rings is 1. The highest BCUT2D eigenvalue weighted by Crippen LogP contribution is 2.32. The van der Waals surface area contributed by atoms with Crippen molar-refractivity contribution in [3.63, 3.8) is 0 Å². The zero-order valence-corrected chi connectivity index (χ0v) is 18.6. The van der Waals surface area contributed by atoms with Crippen LogP contribution in [-0.2, 0) is 4.79 Å². The number of carbonyl (C=O) groups is 1. The Morgan fingerprint density at radius 3 is 3.03 bits per heavy atom. The van der Waals surface area contributed by atoms with E-state index in [4.69, 9.17) is 0 Å². The number of nitrogens with one attached hydrogen (secondary N) is 2. The van der Waals surface area contributed by atoms with E-state index >= 15 is 0 Å². The molecule has 0 spiro atoms. The minimum atomic E-state index is -1.40. The number of benzene rings is 1. The zero-order chi connectivity index (χ0) is 22.5. The fraction of sp³-hybridized carbons (Fsp3) is 0.286. The fourth-order valence-corrected chi connectivity index (χ4v) is 4.58. The number of likely N-dealkylation sites (N-methyl/N-ethyl adjacent to an activating group) is 1. The Hall–Kier alpha value is -3.18. The maximum atomic E-state index is 14.6. The van der Waals surface area contributed by atoms with E-state index in [0.717, 1.165) is 0 Å². The molecule has 164 valence electrons. The summed E-state index contributed by atoms with van der Waals surface area (Å²) in [5.41, 5.74) is -0.138. The third-order valence-corrected chi connectivity index (χ3v) is 6.33. The van der Waals surface area contributed by atoms with Crippen molar-refractivity contribution >= 4 is 49.7 Å². The van der Waals surface area contributed by atoms with E-state index in [1.165, 1.54) is 17.8 Å². The molecule has 1 aliphatic carbocycles. The van der Waals surface area contributed by atoms with Crippen LogP contribution in [-0.4, -0.2) is 54.4 Å². The second-order valence-corrected chi connectivity index (χ2v) is 8.58. The van der Waals surface area contributed by atoms with Gasteiger partial charge in [-0.15, -0.1) is 0 Å². The van der Waals surface area contributed by atoms with Crippen molar-refractivity contribution in [1.29, 1.82) is 0 Å². The van der Waals surface area contributed by atoms with Crippen molar-refractivity contribution in [3.8, 4) is 5.69 Å². The van der Waals surface area contributed by atoms with Gasteiger partial charge in [0.2, 0.25) is 5.95 Å². The van der Waals surface area contributed by atoms with Gasteiger partial charge < -0.3 is 15.7 Å². The molecule has 1 aromatic carbocycles. The first-order valence-corrected chi connectivity index (χ1v) is 10.8. The number of aliphatic hydroxyl groups is 1. The fourth-order valence-electron chi connectivity index (χ4n) is 4.14. The summed E-state index contributed by atoms with van der Waals surface area (Å²) in [6.45, 7) is 0. The van der Waals surface area contributed by atoms with Crippen LogP contribution in [0.1, 0.15) is 19.3 Å². The predicted octanol–water partition coefficient (Wildman–Crippen LogP) is 2.71. The first kappa shape index (κ1) is 20.7. The standard InChI is InChI=1S/C21H19BrFN7O2/c1-24-19(31)21(32)5-4-12(9-21)27-20-26-10-14-17(22)29-30(18(14)28-20)13-7-11-3-2-6-25-16(11)15(23)8-13/h2-3,6-8,10,12,32H,4-5,9H2,1H3,(H,24,31)(H,26,27,28)/t12-,21+/m1/s1. The van der Waals surface area contributed by atoms with Crippen LogP contribution in [0.5, 0.6) is 0 Å². The Morgan fingerprint density at radius 2 is 2.22 bits per heavy atom. The molecule has 0 saturated heterocycles. The number of amides is 1. The number of rotatable bonds is 4. The second kappa shape index (κ2) is 7.75. The molecule has 0 radical (unpaired) electrons. The highest BCUT2D eigenvalue weighted by molar-refractivity contribution is 9.10. The first-order chi connectivity index (χ1) is 15.4. The highest BCUT2D eigenvalue weighted by atomic mass is 79.9. The van der Waals surface area contributed by atoms with Gasteiger partial charge in [-0.2, -0.15) is 10.1 Å². The summed E-state index contributed by atoms with van der Waals surface area (Å²) >= 11 is 3.42. The molecular formula is C21H19BrFN7O2. The number of hydrogen-bond donors (Lipinski definition) is 3. The number of aromatic nitrogens is 5. The Morgan fingerprint density at radius 1 is 1.38 bits per heavy atom. The molecule has 5 rings (SSSR count). The summed E-state index contributed by atoms with van der Waals surface area (Å²) in [5, 5.41) is 22.0. The minimum absolute atomic E-state index is 0.168. The quantitative estimate of drug-likeness (QED) is 0.395. The maximum Gasteiger partial charge on any atom is 0.251 e. The smallest absolute Gasteiger partial charge is 0.251 e. The van der Waals surface area contributed by atoms with E-state index in [2.05, 4.69) is 46.6 Å². The number of carbonyl (C=O) groups excluding carboxylic acids is 1. The molecule has 9 nitrogen and oxygen atoms in total. The van der Waals surface area contributed by atoms with E-state index in [1.807, 2.05) is 0 Å². The summed E-state index contributed by atoms with van der Waals surface area (Å²) in [6.07, 6.45) is 4.36. The molecular weight excluding hydrogens is 481 g/mol. The third-order valence-electron chi connectivity index (χ3n) is 5.74. The molecule has 4 aromatic rings. The predicted molar refractivity (Wildman–Crippen MR) is 120 cm³/mol. The van der Waals surface area contributed by atoms with Crippen molar-refractivity contribution in [2.75, 3.05) is 12.4 Å². The van der Waals surface area contributed by atoms with Gasteiger partial charge in [0.25, 0.3) is 5.91 Å². The Kier molecular flexibility index (Phi) is 5.01. The number of fused-ring (bicyclic) bond motifs is 2. The van der Waals surface area contributed by atoms with Crippen molar-refractivity contribution < 1.29 is 14.3 Å². The summed E-state index contributed by atoms with van der Waals surface area (Å²) < 4.78 is 16.7. The highest BCUT2D eigenvalue weighted by Gasteiger charge is 2.43. The molecule has 3 aromatic heterocycles. The number of halogens is 2.